The zero-order chi connectivity index (χ0) is 9.26. The first-order valence-electron chi connectivity index (χ1n) is 3.61. The van der Waals surface area contributed by atoms with Crippen LogP contribution in [-0.2, 0) is 6.61 Å². The van der Waals surface area contributed by atoms with E-state index in [4.69, 9.17) is 21.1 Å². The van der Waals surface area contributed by atoms with Gasteiger partial charge in [-0.15, -0.1) is 0 Å². The molecule has 68 valence electrons. The Kier molecular flexibility index (Phi) is 2.35. The predicted octanol–water partition coefficient (Wildman–Crippen LogP) is 2.55. The smallest absolute Gasteiger partial charge is 0.162 e. The van der Waals surface area contributed by atoms with Crippen LogP contribution in [0.3, 0.4) is 0 Å². The third-order valence-corrected chi connectivity index (χ3v) is 2.88. The Morgan fingerprint density at radius 2 is 2.46 bits per heavy atom. The molecule has 0 aliphatic carbocycles. The number of aliphatic hydroxyl groups excluding tert-OH is 1. The molecule has 0 atom stereocenters. The van der Waals surface area contributed by atoms with Crippen molar-refractivity contribution < 1.29 is 9.52 Å². The molecule has 0 saturated heterocycles. The molecule has 0 fully saturated rings. The summed E-state index contributed by atoms with van der Waals surface area (Å²) in [7, 11) is 0. The van der Waals surface area contributed by atoms with Gasteiger partial charge >= 0.3 is 0 Å². The van der Waals surface area contributed by atoms with Crippen LogP contribution in [0.4, 0.5) is 0 Å². The minimum Gasteiger partial charge on any atom is -0.462 e. The lowest BCUT2D eigenvalue weighted by Gasteiger charge is -1.86. The quantitative estimate of drug-likeness (QED) is 0.838. The van der Waals surface area contributed by atoms with E-state index in [9.17, 15) is 0 Å². The van der Waals surface area contributed by atoms with Gasteiger partial charge in [-0.2, -0.15) is 0 Å². The minimum atomic E-state index is -0.143. The molecular weight excluding hydrogens is 210 g/mol. The fourth-order valence-electron chi connectivity index (χ4n) is 0.936. The minimum absolute atomic E-state index is 0.143. The van der Waals surface area contributed by atoms with E-state index in [1.54, 1.807) is 18.4 Å². The van der Waals surface area contributed by atoms with E-state index in [0.717, 1.165) is 0 Å². The maximum atomic E-state index is 8.86. The van der Waals surface area contributed by atoms with Gasteiger partial charge in [0.1, 0.15) is 4.34 Å². The molecule has 0 amide bonds. The standard InChI is InChI=1S/C8H6ClNO2S/c9-7-5(4-11)10-8(13-7)6-2-1-3-12-6/h1-3,11H,4H2. The van der Waals surface area contributed by atoms with Gasteiger partial charge < -0.3 is 9.52 Å². The molecule has 0 spiro atoms. The van der Waals surface area contributed by atoms with Crippen LogP contribution in [0.25, 0.3) is 10.8 Å². The number of rotatable bonds is 2. The molecule has 0 radical (unpaired) electrons. The number of furan rings is 1. The fraction of sp³-hybridized carbons (Fsp3) is 0.125. The van der Waals surface area contributed by atoms with Crippen molar-refractivity contribution in [1.29, 1.82) is 0 Å². The van der Waals surface area contributed by atoms with Crippen LogP contribution in [0.15, 0.2) is 22.8 Å². The van der Waals surface area contributed by atoms with E-state index in [2.05, 4.69) is 4.98 Å². The largest absolute Gasteiger partial charge is 0.462 e. The molecule has 0 aliphatic rings. The number of halogens is 1. The molecule has 3 nitrogen and oxygen atoms in total. The van der Waals surface area contributed by atoms with E-state index >= 15 is 0 Å². The molecule has 5 heteroatoms. The second kappa shape index (κ2) is 3.49. The highest BCUT2D eigenvalue weighted by Gasteiger charge is 2.11. The Morgan fingerprint density at radius 3 is 3.00 bits per heavy atom. The van der Waals surface area contributed by atoms with E-state index in [1.165, 1.54) is 11.3 Å². The summed E-state index contributed by atoms with van der Waals surface area (Å²) in [5.41, 5.74) is 0.498. The van der Waals surface area contributed by atoms with Crippen LogP contribution in [-0.4, -0.2) is 10.1 Å². The summed E-state index contributed by atoms with van der Waals surface area (Å²) in [6, 6.07) is 3.58. The van der Waals surface area contributed by atoms with E-state index in [0.29, 0.717) is 20.8 Å². The Bertz CT molecular complexity index is 396. The van der Waals surface area contributed by atoms with Gasteiger partial charge in [0.15, 0.2) is 10.8 Å². The number of thiazole rings is 1. The molecule has 0 aromatic carbocycles. The summed E-state index contributed by atoms with van der Waals surface area (Å²) in [4.78, 5) is 4.11. The molecule has 2 aromatic rings. The monoisotopic (exact) mass is 215 g/mol. The normalized spacial score (nSPS) is 10.6. The van der Waals surface area contributed by atoms with Gasteiger partial charge in [0.25, 0.3) is 0 Å². The molecule has 0 bridgehead atoms. The van der Waals surface area contributed by atoms with Crippen LogP contribution in [0.1, 0.15) is 5.69 Å². The topological polar surface area (TPSA) is 46.3 Å². The molecule has 2 heterocycles. The second-order valence-electron chi connectivity index (χ2n) is 2.37. The first kappa shape index (κ1) is 8.74. The van der Waals surface area contributed by atoms with Crippen molar-refractivity contribution in [1.82, 2.24) is 4.98 Å². The second-order valence-corrected chi connectivity index (χ2v) is 3.98. The summed E-state index contributed by atoms with van der Waals surface area (Å²) >= 11 is 7.11. The molecule has 13 heavy (non-hydrogen) atoms. The van der Waals surface area contributed by atoms with Crippen molar-refractivity contribution in [2.75, 3.05) is 0 Å². The zero-order valence-electron chi connectivity index (χ0n) is 6.53. The van der Waals surface area contributed by atoms with E-state index in [-0.39, 0.29) is 6.61 Å². The Morgan fingerprint density at radius 1 is 1.62 bits per heavy atom. The van der Waals surface area contributed by atoms with Gasteiger partial charge in [0.2, 0.25) is 0 Å². The van der Waals surface area contributed by atoms with E-state index < -0.39 is 0 Å². The van der Waals surface area contributed by atoms with Crippen LogP contribution < -0.4 is 0 Å². The van der Waals surface area contributed by atoms with Gasteiger partial charge in [-0.1, -0.05) is 22.9 Å². The summed E-state index contributed by atoms with van der Waals surface area (Å²) in [6.07, 6.45) is 1.57. The molecule has 0 unspecified atom stereocenters. The lowest BCUT2D eigenvalue weighted by atomic mass is 10.4. The molecule has 0 saturated carbocycles. The first-order chi connectivity index (χ1) is 6.31. The van der Waals surface area contributed by atoms with Crippen LogP contribution in [0.5, 0.6) is 0 Å². The molecule has 1 N–H and O–H groups in total. The number of hydrogen-bond acceptors (Lipinski definition) is 4. The van der Waals surface area contributed by atoms with Crippen LogP contribution in [0.2, 0.25) is 4.34 Å². The first-order valence-corrected chi connectivity index (χ1v) is 4.80. The number of nitrogens with zero attached hydrogens (tertiary/aromatic N) is 1. The van der Waals surface area contributed by atoms with Gasteiger partial charge in [0, 0.05) is 0 Å². The number of hydrogen-bond donors (Lipinski definition) is 1. The van der Waals surface area contributed by atoms with Gasteiger partial charge in [-0.3, -0.25) is 0 Å². The van der Waals surface area contributed by atoms with E-state index in [1.807, 2.05) is 0 Å². The summed E-state index contributed by atoms with van der Waals surface area (Å²) in [5.74, 6) is 0.673. The SMILES string of the molecule is OCc1nc(-c2ccco2)sc1Cl. The maximum Gasteiger partial charge on any atom is 0.162 e. The van der Waals surface area contributed by atoms with Gasteiger partial charge in [0.05, 0.1) is 18.6 Å². The predicted molar refractivity (Wildman–Crippen MR) is 50.7 cm³/mol. The molecule has 2 rings (SSSR count). The average Bonchev–Trinajstić information content (AvgIpc) is 2.71. The Balaban J connectivity index is 2.43. The summed E-state index contributed by atoms with van der Waals surface area (Å²) in [6.45, 7) is -0.143. The molecule has 0 aliphatic heterocycles. The van der Waals surface area contributed by atoms with Crippen molar-refractivity contribution in [3.05, 3.63) is 28.4 Å². The lowest BCUT2D eigenvalue weighted by Crippen LogP contribution is -1.82. The summed E-state index contributed by atoms with van der Waals surface area (Å²) < 4.78 is 5.65. The zero-order valence-corrected chi connectivity index (χ0v) is 8.10. The van der Waals surface area contributed by atoms with Crippen molar-refractivity contribution >= 4 is 22.9 Å². The highest BCUT2D eigenvalue weighted by atomic mass is 35.5. The van der Waals surface area contributed by atoms with Crippen molar-refractivity contribution in [2.24, 2.45) is 0 Å². The highest BCUT2D eigenvalue weighted by molar-refractivity contribution is 7.19. The van der Waals surface area contributed by atoms with Crippen molar-refractivity contribution in [2.45, 2.75) is 6.61 Å². The number of aromatic nitrogens is 1. The highest BCUT2D eigenvalue weighted by Crippen LogP contribution is 2.31. The fourth-order valence-corrected chi connectivity index (χ4v) is 2.03. The van der Waals surface area contributed by atoms with Crippen molar-refractivity contribution in [3.63, 3.8) is 0 Å². The van der Waals surface area contributed by atoms with Gasteiger partial charge in [-0.05, 0) is 12.1 Å². The van der Waals surface area contributed by atoms with Gasteiger partial charge in [-0.25, -0.2) is 4.98 Å². The average molecular weight is 216 g/mol. The third kappa shape index (κ3) is 1.60. The molecular formula is C8H6ClNO2S. The lowest BCUT2D eigenvalue weighted by molar-refractivity contribution is 0.278. The summed E-state index contributed by atoms with van der Waals surface area (Å²) in [5, 5.41) is 9.55. The van der Waals surface area contributed by atoms with Crippen molar-refractivity contribution in [3.8, 4) is 10.8 Å². The number of aliphatic hydroxyl groups is 1. The van der Waals surface area contributed by atoms with Crippen LogP contribution >= 0.6 is 22.9 Å². The maximum absolute atomic E-state index is 8.86. The third-order valence-electron chi connectivity index (χ3n) is 1.53. The Hall–Kier alpha value is -0.840. The molecule has 2 aromatic heterocycles. The van der Waals surface area contributed by atoms with Crippen LogP contribution in [0, 0.1) is 0 Å². The Labute approximate surface area is 83.6 Å².